The van der Waals surface area contributed by atoms with Crippen LogP contribution in [-0.2, 0) is 0 Å². The molecule has 0 spiro atoms. The van der Waals surface area contributed by atoms with Crippen LogP contribution in [0.5, 0.6) is 0 Å². The summed E-state index contributed by atoms with van der Waals surface area (Å²) in [6.07, 6.45) is 0. The first kappa shape index (κ1) is 9.29. The van der Waals surface area contributed by atoms with E-state index in [0.717, 1.165) is 16.7 Å². The molecule has 2 aromatic rings. The second-order valence-corrected chi connectivity index (χ2v) is 3.61. The highest BCUT2D eigenvalue weighted by atomic mass is 35.5. The van der Waals surface area contributed by atoms with E-state index in [9.17, 15) is 0 Å². The predicted molar refractivity (Wildman–Crippen MR) is 60.5 cm³/mol. The first-order valence-corrected chi connectivity index (χ1v) is 4.89. The van der Waals surface area contributed by atoms with Gasteiger partial charge in [-0.05, 0) is 23.6 Å². The second-order valence-electron chi connectivity index (χ2n) is 3.24. The third kappa shape index (κ3) is 1.80. The maximum atomic E-state index is 6.01. The van der Waals surface area contributed by atoms with Crippen LogP contribution in [0.3, 0.4) is 0 Å². The molecule has 0 saturated heterocycles. The zero-order chi connectivity index (χ0) is 9.97. The van der Waals surface area contributed by atoms with Crippen LogP contribution in [-0.4, -0.2) is 0 Å². The summed E-state index contributed by atoms with van der Waals surface area (Å²) in [5, 5.41) is 0.700. The van der Waals surface area contributed by atoms with Gasteiger partial charge in [0.15, 0.2) is 0 Å². The fourth-order valence-corrected chi connectivity index (χ4v) is 1.49. The number of hydrogen-bond acceptors (Lipinski definition) is 0. The Kier molecular flexibility index (Phi) is 2.55. The molecule has 2 rings (SSSR count). The summed E-state index contributed by atoms with van der Waals surface area (Å²) >= 11 is 6.01. The molecule has 0 fully saturated rings. The van der Waals surface area contributed by atoms with Gasteiger partial charge in [-0.2, -0.15) is 0 Å². The zero-order valence-electron chi connectivity index (χ0n) is 7.92. The lowest BCUT2D eigenvalue weighted by Crippen LogP contribution is -1.80. The lowest BCUT2D eigenvalue weighted by atomic mass is 10.0. The first-order valence-electron chi connectivity index (χ1n) is 4.51. The van der Waals surface area contributed by atoms with Crippen molar-refractivity contribution < 1.29 is 0 Å². The molecule has 0 aliphatic rings. The van der Waals surface area contributed by atoms with Crippen LogP contribution in [0, 0.1) is 13.0 Å². The van der Waals surface area contributed by atoms with Crippen molar-refractivity contribution in [3.63, 3.8) is 0 Å². The molecule has 0 aliphatic heterocycles. The summed E-state index contributed by atoms with van der Waals surface area (Å²) in [5.74, 6) is 0. The molecule has 0 aromatic heterocycles. The fourth-order valence-electron chi connectivity index (χ4n) is 1.33. The molecular weight excluding hydrogens is 192 g/mol. The summed E-state index contributed by atoms with van der Waals surface area (Å²) in [6, 6.07) is 17.3. The number of hydrogen-bond donors (Lipinski definition) is 0. The van der Waals surface area contributed by atoms with Crippen molar-refractivity contribution in [3.8, 4) is 11.1 Å². The highest BCUT2D eigenvalue weighted by Gasteiger charge is 2.00. The topological polar surface area (TPSA) is 0 Å². The van der Waals surface area contributed by atoms with Gasteiger partial charge >= 0.3 is 0 Å². The molecule has 0 aliphatic carbocycles. The summed E-state index contributed by atoms with van der Waals surface area (Å²) in [5.41, 5.74) is 3.25. The number of aryl methyl sites for hydroxylation is 1. The van der Waals surface area contributed by atoms with Gasteiger partial charge in [0.25, 0.3) is 0 Å². The van der Waals surface area contributed by atoms with E-state index < -0.39 is 0 Å². The molecule has 2 aromatic carbocycles. The molecular formula is C13H10Cl. The average Bonchev–Trinajstić information content (AvgIpc) is 2.23. The van der Waals surface area contributed by atoms with Crippen molar-refractivity contribution in [3.05, 3.63) is 59.1 Å². The molecule has 0 N–H and O–H groups in total. The molecule has 0 atom stereocenters. The Bertz CT molecular complexity index is 432. The van der Waals surface area contributed by atoms with Gasteiger partial charge in [-0.15, -0.1) is 0 Å². The number of benzene rings is 2. The Labute approximate surface area is 89.2 Å². The fraction of sp³-hybridized carbons (Fsp3) is 0.0769. The Morgan fingerprint density at radius 3 is 2.36 bits per heavy atom. The van der Waals surface area contributed by atoms with Crippen molar-refractivity contribution in [2.45, 2.75) is 6.92 Å². The summed E-state index contributed by atoms with van der Waals surface area (Å²) in [4.78, 5) is 0. The van der Waals surface area contributed by atoms with Crippen molar-refractivity contribution in [2.75, 3.05) is 0 Å². The van der Waals surface area contributed by atoms with Gasteiger partial charge in [-0.25, -0.2) is 0 Å². The maximum absolute atomic E-state index is 6.01. The van der Waals surface area contributed by atoms with Gasteiger partial charge < -0.3 is 0 Å². The molecule has 0 saturated carbocycles. The second kappa shape index (κ2) is 3.85. The van der Waals surface area contributed by atoms with Gasteiger partial charge in [0.1, 0.15) is 0 Å². The highest BCUT2D eigenvalue weighted by Crippen LogP contribution is 2.23. The predicted octanol–water partition coefficient (Wildman–Crippen LogP) is 4.12. The van der Waals surface area contributed by atoms with Crippen molar-refractivity contribution in [1.29, 1.82) is 0 Å². The minimum absolute atomic E-state index is 0.700. The van der Waals surface area contributed by atoms with E-state index in [1.165, 1.54) is 0 Å². The van der Waals surface area contributed by atoms with E-state index in [2.05, 4.69) is 18.2 Å². The molecule has 1 heteroatoms. The summed E-state index contributed by atoms with van der Waals surface area (Å²) in [6.45, 7) is 1.98. The summed E-state index contributed by atoms with van der Waals surface area (Å²) < 4.78 is 0. The minimum atomic E-state index is 0.700. The SMILES string of the molecule is Cc1ccc(-c2ccccc2)[c]c1Cl. The molecule has 0 amide bonds. The monoisotopic (exact) mass is 201 g/mol. The Hall–Kier alpha value is -1.27. The summed E-state index contributed by atoms with van der Waals surface area (Å²) in [7, 11) is 0. The standard InChI is InChI=1S/C13H10Cl/c1-10-7-8-12(9-13(10)14)11-5-3-2-4-6-11/h2-8H,1H3. The minimum Gasteiger partial charge on any atom is -0.0833 e. The third-order valence-corrected chi connectivity index (χ3v) is 2.57. The van der Waals surface area contributed by atoms with Gasteiger partial charge in [0.05, 0.1) is 5.02 Å². The largest absolute Gasteiger partial charge is 0.0833 e. The Balaban J connectivity index is 2.48. The Morgan fingerprint density at radius 2 is 1.71 bits per heavy atom. The lowest BCUT2D eigenvalue weighted by molar-refractivity contribution is 1.46. The smallest absolute Gasteiger partial charge is 0.0520 e. The van der Waals surface area contributed by atoms with E-state index in [4.69, 9.17) is 11.6 Å². The number of rotatable bonds is 1. The molecule has 0 bridgehead atoms. The maximum Gasteiger partial charge on any atom is 0.0520 e. The Morgan fingerprint density at radius 1 is 1.00 bits per heavy atom. The van der Waals surface area contributed by atoms with Gasteiger partial charge in [-0.1, -0.05) is 54.1 Å². The van der Waals surface area contributed by atoms with Crippen LogP contribution < -0.4 is 0 Å². The molecule has 0 unspecified atom stereocenters. The van der Waals surface area contributed by atoms with E-state index in [1.54, 1.807) is 0 Å². The van der Waals surface area contributed by atoms with Crippen molar-refractivity contribution in [1.82, 2.24) is 0 Å². The van der Waals surface area contributed by atoms with Crippen molar-refractivity contribution in [2.24, 2.45) is 0 Å². The van der Waals surface area contributed by atoms with E-state index >= 15 is 0 Å². The highest BCUT2D eigenvalue weighted by molar-refractivity contribution is 6.31. The average molecular weight is 202 g/mol. The van der Waals surface area contributed by atoms with Crippen LogP contribution in [0.4, 0.5) is 0 Å². The first-order chi connectivity index (χ1) is 6.77. The van der Waals surface area contributed by atoms with Gasteiger partial charge in [0.2, 0.25) is 0 Å². The normalized spacial score (nSPS) is 10.1. The lowest BCUT2D eigenvalue weighted by Gasteiger charge is -2.02. The van der Waals surface area contributed by atoms with Crippen LogP contribution >= 0.6 is 11.6 Å². The molecule has 0 nitrogen and oxygen atoms in total. The van der Waals surface area contributed by atoms with E-state index in [1.807, 2.05) is 37.3 Å². The quantitative estimate of drug-likeness (QED) is 0.651. The zero-order valence-corrected chi connectivity index (χ0v) is 8.68. The van der Waals surface area contributed by atoms with Crippen LogP contribution in [0.15, 0.2) is 42.5 Å². The molecule has 14 heavy (non-hydrogen) atoms. The van der Waals surface area contributed by atoms with Gasteiger partial charge in [0, 0.05) is 6.07 Å². The molecule has 1 radical (unpaired) electrons. The number of halogens is 1. The third-order valence-electron chi connectivity index (χ3n) is 2.18. The molecule has 69 valence electrons. The van der Waals surface area contributed by atoms with Crippen LogP contribution in [0.1, 0.15) is 5.56 Å². The molecule has 0 heterocycles. The van der Waals surface area contributed by atoms with E-state index in [-0.39, 0.29) is 0 Å². The van der Waals surface area contributed by atoms with E-state index in [0.29, 0.717) is 5.02 Å². The van der Waals surface area contributed by atoms with Crippen LogP contribution in [0.2, 0.25) is 5.02 Å². The van der Waals surface area contributed by atoms with Gasteiger partial charge in [-0.3, -0.25) is 0 Å². The van der Waals surface area contributed by atoms with Crippen molar-refractivity contribution >= 4 is 11.6 Å². The van der Waals surface area contributed by atoms with Crippen LogP contribution in [0.25, 0.3) is 11.1 Å².